The van der Waals surface area contributed by atoms with Crippen molar-refractivity contribution in [2.75, 3.05) is 0 Å². The Morgan fingerprint density at radius 1 is 0.667 bits per heavy atom. The number of aromatic hydroxyl groups is 2. The summed E-state index contributed by atoms with van der Waals surface area (Å²) in [4.78, 5) is 0. The summed E-state index contributed by atoms with van der Waals surface area (Å²) in [7, 11) is 0. The van der Waals surface area contributed by atoms with E-state index in [1.54, 1.807) is 30.4 Å². The average Bonchev–Trinajstić information content (AvgIpc) is 2.58. The summed E-state index contributed by atoms with van der Waals surface area (Å²) in [6.07, 6.45) is 10.9. The van der Waals surface area contributed by atoms with E-state index in [1.807, 2.05) is 44.2 Å². The predicted molar refractivity (Wildman–Crippen MR) is 103 cm³/mol. The van der Waals surface area contributed by atoms with E-state index in [2.05, 4.69) is 13.2 Å². The molecule has 24 heavy (non-hydrogen) atoms. The molecule has 0 aromatic heterocycles. The van der Waals surface area contributed by atoms with Crippen molar-refractivity contribution in [3.63, 3.8) is 0 Å². The molecular formula is C22H22O2. The Morgan fingerprint density at radius 2 is 1.12 bits per heavy atom. The zero-order chi connectivity index (χ0) is 17.7. The van der Waals surface area contributed by atoms with Crippen LogP contribution in [0.1, 0.15) is 13.8 Å². The van der Waals surface area contributed by atoms with Gasteiger partial charge in [-0.3, -0.25) is 0 Å². The van der Waals surface area contributed by atoms with E-state index in [0.29, 0.717) is 0 Å². The Balaban J connectivity index is 3.09. The maximum atomic E-state index is 10.2. The molecule has 0 aliphatic carbocycles. The summed E-state index contributed by atoms with van der Waals surface area (Å²) in [6, 6.07) is 7.14. The quantitative estimate of drug-likeness (QED) is 0.912. The molecule has 0 heterocycles. The molecule has 122 valence electrons. The van der Waals surface area contributed by atoms with Gasteiger partial charge in [-0.05, 0) is 47.5 Å². The van der Waals surface area contributed by atoms with Gasteiger partial charge in [0.05, 0.1) is 0 Å². The van der Waals surface area contributed by atoms with E-state index < -0.39 is 0 Å². The fourth-order valence-electron chi connectivity index (χ4n) is 2.92. The van der Waals surface area contributed by atoms with Crippen molar-refractivity contribution in [2.45, 2.75) is 13.8 Å². The van der Waals surface area contributed by atoms with Crippen LogP contribution in [0.5, 0.6) is 11.5 Å². The van der Waals surface area contributed by atoms with Crippen molar-refractivity contribution in [3.8, 4) is 22.6 Å². The van der Waals surface area contributed by atoms with Gasteiger partial charge < -0.3 is 10.2 Å². The van der Waals surface area contributed by atoms with Gasteiger partial charge in [-0.2, -0.15) is 0 Å². The highest BCUT2D eigenvalue weighted by molar-refractivity contribution is 5.71. The normalized spacial score (nSPS) is 14.2. The third kappa shape index (κ3) is 3.04. The van der Waals surface area contributed by atoms with Crippen molar-refractivity contribution in [1.29, 1.82) is 0 Å². The zero-order valence-corrected chi connectivity index (χ0v) is 14.1. The Bertz CT molecular complexity index is 1030. The molecule has 2 nitrogen and oxygen atoms in total. The first-order valence-corrected chi connectivity index (χ1v) is 7.81. The second kappa shape index (κ2) is 7.51. The van der Waals surface area contributed by atoms with E-state index in [-0.39, 0.29) is 11.5 Å². The molecule has 0 atom stereocenters. The third-order valence-electron chi connectivity index (χ3n) is 3.96. The maximum absolute atomic E-state index is 10.2. The van der Waals surface area contributed by atoms with Crippen LogP contribution in [0.2, 0.25) is 0 Å². The Hall–Kier alpha value is -3.00. The van der Waals surface area contributed by atoms with Crippen LogP contribution < -0.4 is 20.9 Å². The van der Waals surface area contributed by atoms with E-state index >= 15 is 0 Å². The number of allylic oxidation sites excluding steroid dienone is 2. The van der Waals surface area contributed by atoms with Gasteiger partial charge in [-0.25, -0.2) is 0 Å². The Morgan fingerprint density at radius 3 is 1.62 bits per heavy atom. The van der Waals surface area contributed by atoms with E-state index in [0.717, 1.165) is 32.0 Å². The minimum Gasteiger partial charge on any atom is -0.507 e. The van der Waals surface area contributed by atoms with Crippen molar-refractivity contribution in [2.24, 2.45) is 0 Å². The fraction of sp³-hybridized carbons (Fsp3) is 0.0909. The topological polar surface area (TPSA) is 40.5 Å². The number of hydrogen-bond donors (Lipinski definition) is 2. The molecule has 0 unspecified atom stereocenters. The summed E-state index contributed by atoms with van der Waals surface area (Å²) < 4.78 is 0. The molecule has 0 fully saturated rings. The van der Waals surface area contributed by atoms with Gasteiger partial charge in [0.25, 0.3) is 0 Å². The lowest BCUT2D eigenvalue weighted by Crippen LogP contribution is -2.32. The fourth-order valence-corrected chi connectivity index (χ4v) is 2.92. The molecule has 0 saturated carbocycles. The summed E-state index contributed by atoms with van der Waals surface area (Å²) in [5.74, 6) is 0.440. The molecule has 2 aromatic carbocycles. The first-order valence-electron chi connectivity index (χ1n) is 7.81. The highest BCUT2D eigenvalue weighted by Crippen LogP contribution is 2.13. The molecule has 0 bridgehead atoms. The van der Waals surface area contributed by atoms with Gasteiger partial charge in [0, 0.05) is 10.4 Å². The van der Waals surface area contributed by atoms with Gasteiger partial charge in [-0.15, -0.1) is 0 Å². The SMILES string of the molecule is C=C/C=c1/c(-c2ccc(O)c(=C/C=C)/c2=C\C)ccc(O)/c1=C/C. The lowest BCUT2D eigenvalue weighted by atomic mass is 9.97. The molecule has 2 heteroatoms. The van der Waals surface area contributed by atoms with E-state index in [9.17, 15) is 10.2 Å². The second-order valence-corrected chi connectivity index (χ2v) is 5.30. The minimum atomic E-state index is 0.210. The first-order chi connectivity index (χ1) is 11.6. The highest BCUT2D eigenvalue weighted by Gasteiger charge is 2.07. The lowest BCUT2D eigenvalue weighted by Gasteiger charge is -2.09. The number of phenolic OH excluding ortho intramolecular Hbond substituents is 2. The molecular weight excluding hydrogens is 296 g/mol. The van der Waals surface area contributed by atoms with E-state index in [1.165, 1.54) is 0 Å². The van der Waals surface area contributed by atoms with Crippen molar-refractivity contribution < 1.29 is 10.2 Å². The summed E-state index contributed by atoms with van der Waals surface area (Å²) >= 11 is 0. The molecule has 2 aromatic rings. The van der Waals surface area contributed by atoms with E-state index in [4.69, 9.17) is 0 Å². The molecule has 0 aliphatic rings. The van der Waals surface area contributed by atoms with Crippen molar-refractivity contribution in [1.82, 2.24) is 0 Å². The number of phenols is 2. The largest absolute Gasteiger partial charge is 0.507 e. The monoisotopic (exact) mass is 318 g/mol. The van der Waals surface area contributed by atoms with Crippen LogP contribution in [0, 0.1) is 0 Å². The van der Waals surface area contributed by atoms with Crippen LogP contribution in [0.4, 0.5) is 0 Å². The van der Waals surface area contributed by atoms with Crippen LogP contribution in [-0.2, 0) is 0 Å². The van der Waals surface area contributed by atoms with Crippen molar-refractivity contribution in [3.05, 3.63) is 70.4 Å². The van der Waals surface area contributed by atoms with Gasteiger partial charge in [-0.1, -0.05) is 61.7 Å². The van der Waals surface area contributed by atoms with Crippen LogP contribution in [0.15, 0.2) is 49.6 Å². The predicted octanol–water partition coefficient (Wildman–Crippen LogP) is 2.30. The van der Waals surface area contributed by atoms with Gasteiger partial charge >= 0.3 is 0 Å². The Kier molecular flexibility index (Phi) is 5.43. The van der Waals surface area contributed by atoms with Gasteiger partial charge in [0.2, 0.25) is 0 Å². The zero-order valence-electron chi connectivity index (χ0n) is 14.1. The molecule has 0 amide bonds. The number of benzene rings is 2. The standard InChI is InChI=1S/C22H22O2/c1-5-9-17-16(8-4)21(23)13-12-19(17)18-11-14-22(24)20(10-6-2)15(18)7-3/h5-14,23-24H,1-2H2,3-4H3/b15-7-,16-8+,17-9+,20-10+. The molecule has 0 aliphatic heterocycles. The average molecular weight is 318 g/mol. The van der Waals surface area contributed by atoms with Gasteiger partial charge in [0.15, 0.2) is 0 Å². The molecule has 0 spiro atoms. The second-order valence-electron chi connectivity index (χ2n) is 5.30. The summed E-state index contributed by atoms with van der Waals surface area (Å²) in [6.45, 7) is 11.3. The molecule has 0 radical (unpaired) electrons. The maximum Gasteiger partial charge on any atom is 0.123 e. The molecule has 0 saturated heterocycles. The summed E-state index contributed by atoms with van der Waals surface area (Å²) in [5.41, 5.74) is 1.94. The number of rotatable bonds is 3. The van der Waals surface area contributed by atoms with Crippen molar-refractivity contribution >= 4 is 24.3 Å². The van der Waals surface area contributed by atoms with Crippen LogP contribution in [0.3, 0.4) is 0 Å². The number of hydrogen-bond acceptors (Lipinski definition) is 2. The van der Waals surface area contributed by atoms with Crippen LogP contribution in [-0.4, -0.2) is 10.2 Å². The highest BCUT2D eigenvalue weighted by atomic mass is 16.3. The first kappa shape index (κ1) is 17.4. The minimum absolute atomic E-state index is 0.210. The van der Waals surface area contributed by atoms with Crippen LogP contribution in [0.25, 0.3) is 35.4 Å². The molecule has 2 N–H and O–H groups in total. The summed E-state index contributed by atoms with van der Waals surface area (Å²) in [5, 5.41) is 23.6. The third-order valence-corrected chi connectivity index (χ3v) is 3.96. The smallest absolute Gasteiger partial charge is 0.123 e. The van der Waals surface area contributed by atoms with Crippen LogP contribution >= 0.6 is 0 Å². The van der Waals surface area contributed by atoms with Gasteiger partial charge in [0.1, 0.15) is 11.5 Å². The molecule has 2 rings (SSSR count). The Labute approximate surface area is 142 Å². The lowest BCUT2D eigenvalue weighted by molar-refractivity contribution is 0.469.